The number of hydrogen-bond acceptors (Lipinski definition) is 13. The molecule has 2 aliphatic rings. The van der Waals surface area contributed by atoms with Crippen LogP contribution in [-0.4, -0.2) is 115 Å². The van der Waals surface area contributed by atoms with Gasteiger partial charge in [0.15, 0.2) is 20.6 Å². The van der Waals surface area contributed by atoms with Gasteiger partial charge in [-0.2, -0.15) is 0 Å². The molecule has 0 spiro atoms. The maximum atomic E-state index is 14.1. The van der Waals surface area contributed by atoms with E-state index in [1.54, 1.807) is 0 Å². The molecule has 2 aliphatic heterocycles. The van der Waals surface area contributed by atoms with Crippen molar-refractivity contribution in [1.82, 2.24) is 10.6 Å². The second kappa shape index (κ2) is 53.1. The summed E-state index contributed by atoms with van der Waals surface area (Å²) in [6, 6.07) is -2.14. The van der Waals surface area contributed by atoms with Crippen LogP contribution in [0.1, 0.15) is 305 Å². The number of ketones is 1. The molecule has 0 aromatic rings. The van der Waals surface area contributed by atoms with E-state index < -0.39 is 83.5 Å². The minimum atomic E-state index is -3.50. The van der Waals surface area contributed by atoms with Gasteiger partial charge in [0.05, 0.1) is 19.1 Å². The lowest BCUT2D eigenvalue weighted by atomic mass is 9.94. The van der Waals surface area contributed by atoms with Gasteiger partial charge >= 0.3 is 8.25 Å². The molecule has 0 saturated carbocycles. The zero-order valence-corrected chi connectivity index (χ0v) is 56.9. The van der Waals surface area contributed by atoms with Gasteiger partial charge in [-0.1, -0.05) is 240 Å². The van der Waals surface area contributed by atoms with Crippen LogP contribution in [0.25, 0.3) is 0 Å². The molecule has 0 bridgehead atoms. The first-order valence-electron chi connectivity index (χ1n) is 35.0. The fourth-order valence-corrected chi connectivity index (χ4v) is 12.7. The molecule has 0 aliphatic carbocycles. The zero-order chi connectivity index (χ0) is 62.1. The summed E-state index contributed by atoms with van der Waals surface area (Å²) in [6.45, 7) is 14.6. The van der Waals surface area contributed by atoms with Crippen LogP contribution in [0.4, 0.5) is 0 Å². The molecule has 2 fully saturated rings. The largest absolute Gasteiger partial charge is 0.388 e. The minimum Gasteiger partial charge on any atom is -0.388 e. The van der Waals surface area contributed by atoms with Gasteiger partial charge in [-0.15, -0.1) is 0 Å². The van der Waals surface area contributed by atoms with Gasteiger partial charge in [0.2, 0.25) is 11.8 Å². The Hall–Kier alpha value is -1.55. The zero-order valence-electron chi connectivity index (χ0n) is 54.9. The second-order valence-electron chi connectivity index (χ2n) is 24.8. The molecule has 2 saturated heterocycles. The average molecular weight is 1250 g/mol. The standard InChI is InChI=1S/C67H128N2O14P2/c1-8-13-17-21-24-27-28-29-30-31-32-34-36-40-44-48-58(71)68-61-65(78-51-49-54(6)46-42-38-20-16-11-4)63(82-85(75)76)56(12-5)80-66(61)79-53-57-62(73)64(77-50-45-41-37-26-23-19-15-10-3)60(67(81-57)83-84(7)74)69-59(72)52-55(70)47-43-39-35-33-25-22-18-14-9-2/h27-28,54,56-57,60-67,73,84-85H,8-26,29-53H2,1-7H3,(H,68,71)(H,69,72)(H,75,76)/b28-27-/t54-,56-,57-,60+,61+,62?,63+,64-,65-,66-,67?/m1/s1. The number of rotatable bonds is 57. The quantitative estimate of drug-likeness (QED) is 0.0193. The van der Waals surface area contributed by atoms with E-state index >= 15 is 0 Å². The molecule has 4 unspecified atom stereocenters. The van der Waals surface area contributed by atoms with Crippen LogP contribution in [0.2, 0.25) is 0 Å². The normalized spacial score (nSPS) is 23.7. The Morgan fingerprint density at radius 1 is 0.506 bits per heavy atom. The summed E-state index contributed by atoms with van der Waals surface area (Å²) in [5.74, 6) is -0.662. The number of unbranched alkanes of at least 4 members (excludes halogenated alkanes) is 30. The molecule has 16 nitrogen and oxygen atoms in total. The third kappa shape index (κ3) is 38.7. The fraction of sp³-hybridized carbons (Fsp3) is 0.925. The molecular weight excluding hydrogens is 1120 g/mol. The summed E-state index contributed by atoms with van der Waals surface area (Å²) < 4.78 is 69.9. The average Bonchev–Trinajstić information content (AvgIpc) is 1.94. The van der Waals surface area contributed by atoms with Crippen molar-refractivity contribution in [3.8, 4) is 0 Å². The topological polar surface area (TPSA) is 214 Å². The summed E-state index contributed by atoms with van der Waals surface area (Å²) in [7, 11) is -6.21. The molecule has 2 heterocycles. The predicted molar refractivity (Wildman–Crippen MR) is 346 cm³/mol. The smallest absolute Gasteiger partial charge is 0.317 e. The van der Waals surface area contributed by atoms with Crippen LogP contribution in [-0.2, 0) is 56.2 Å². The monoisotopic (exact) mass is 1250 g/mol. The van der Waals surface area contributed by atoms with Gasteiger partial charge in [-0.3, -0.25) is 28.0 Å². The Labute approximate surface area is 519 Å². The summed E-state index contributed by atoms with van der Waals surface area (Å²) in [4.78, 5) is 51.2. The van der Waals surface area contributed by atoms with E-state index in [9.17, 15) is 33.5 Å². The van der Waals surface area contributed by atoms with Crippen molar-refractivity contribution < 1.29 is 66.2 Å². The molecule has 85 heavy (non-hydrogen) atoms. The highest BCUT2D eigenvalue weighted by atomic mass is 31.1. The van der Waals surface area contributed by atoms with Crippen LogP contribution in [0.5, 0.6) is 0 Å². The van der Waals surface area contributed by atoms with E-state index in [-0.39, 0.29) is 44.2 Å². The number of aliphatic hydroxyl groups excluding tert-OH is 1. The molecule has 0 aromatic heterocycles. The second-order valence-corrected chi connectivity index (χ2v) is 26.8. The van der Waals surface area contributed by atoms with Crippen LogP contribution in [0, 0.1) is 5.92 Å². The molecule has 4 N–H and O–H groups in total. The van der Waals surface area contributed by atoms with E-state index in [2.05, 4.69) is 57.4 Å². The van der Waals surface area contributed by atoms with Crippen molar-refractivity contribution in [3.63, 3.8) is 0 Å². The summed E-state index contributed by atoms with van der Waals surface area (Å²) >= 11 is 0. The molecule has 18 heteroatoms. The summed E-state index contributed by atoms with van der Waals surface area (Å²) in [5, 5.41) is 18.3. The van der Waals surface area contributed by atoms with Crippen molar-refractivity contribution in [2.24, 2.45) is 5.92 Å². The van der Waals surface area contributed by atoms with E-state index in [1.807, 2.05) is 6.92 Å². The number of Topliss-reactive ketones (excluding diaryl/α,β-unsaturated/α-hetero) is 1. The lowest BCUT2D eigenvalue weighted by molar-refractivity contribution is -0.295. The van der Waals surface area contributed by atoms with Gasteiger partial charge in [0.1, 0.15) is 48.4 Å². The molecule has 0 aromatic carbocycles. The van der Waals surface area contributed by atoms with Crippen LogP contribution in [0.3, 0.4) is 0 Å². The van der Waals surface area contributed by atoms with E-state index in [0.717, 1.165) is 89.9 Å². The highest BCUT2D eigenvalue weighted by molar-refractivity contribution is 7.38. The van der Waals surface area contributed by atoms with Crippen molar-refractivity contribution in [1.29, 1.82) is 0 Å². The molecule has 500 valence electrons. The van der Waals surface area contributed by atoms with E-state index in [0.29, 0.717) is 38.2 Å². The Morgan fingerprint density at radius 2 is 0.965 bits per heavy atom. The number of carbonyl (C=O) groups excluding carboxylic acids is 3. The van der Waals surface area contributed by atoms with Gasteiger partial charge in [0.25, 0.3) is 0 Å². The summed E-state index contributed by atoms with van der Waals surface area (Å²) in [6.07, 6.45) is 37.0. The molecule has 2 amide bonds. The molecule has 2 rings (SSSR count). The Morgan fingerprint density at radius 3 is 1.51 bits per heavy atom. The highest BCUT2D eigenvalue weighted by Crippen LogP contribution is 2.36. The third-order valence-electron chi connectivity index (χ3n) is 16.9. The van der Waals surface area contributed by atoms with Crippen molar-refractivity contribution in [2.75, 3.05) is 26.5 Å². The first-order valence-corrected chi connectivity index (χ1v) is 38.0. The number of hydrogen-bond donors (Lipinski definition) is 4. The lowest BCUT2D eigenvalue weighted by Gasteiger charge is -2.47. The number of carbonyl (C=O) groups is 3. The molecule has 13 atom stereocenters. The number of nitrogens with one attached hydrogen (secondary N) is 2. The lowest BCUT2D eigenvalue weighted by Crippen LogP contribution is -2.67. The fourth-order valence-electron chi connectivity index (χ4n) is 11.7. The van der Waals surface area contributed by atoms with Crippen LogP contribution >= 0.6 is 16.3 Å². The first-order chi connectivity index (χ1) is 41.3. The van der Waals surface area contributed by atoms with Gasteiger partial charge in [0, 0.05) is 32.7 Å². The summed E-state index contributed by atoms with van der Waals surface area (Å²) in [5.41, 5.74) is 0. The Kier molecular flexibility index (Phi) is 49.7. The van der Waals surface area contributed by atoms with E-state index in [4.69, 9.17) is 32.7 Å². The van der Waals surface area contributed by atoms with Crippen LogP contribution in [0.15, 0.2) is 12.2 Å². The highest BCUT2D eigenvalue weighted by Gasteiger charge is 2.51. The minimum absolute atomic E-state index is 0.191. The number of ether oxygens (including phenoxy) is 5. The number of amides is 2. The van der Waals surface area contributed by atoms with Crippen molar-refractivity contribution in [3.05, 3.63) is 12.2 Å². The van der Waals surface area contributed by atoms with Gasteiger partial charge < -0.3 is 48.8 Å². The Balaban J connectivity index is 2.34. The predicted octanol–water partition coefficient (Wildman–Crippen LogP) is 16.3. The third-order valence-corrected chi connectivity index (χ3v) is 18.0. The van der Waals surface area contributed by atoms with Crippen LogP contribution < -0.4 is 10.6 Å². The number of aliphatic hydroxyl groups is 1. The Bertz CT molecular complexity index is 1730. The van der Waals surface area contributed by atoms with Gasteiger partial charge in [-0.05, 0) is 63.7 Å². The first kappa shape index (κ1) is 79.5. The SMILES string of the molecule is CCCCCC/C=C\CCCCCCCCCC(=O)N[C@@H]1[C@H](OC[C@H]2OC(O[PH](C)=O)[C@@H](NC(=O)CC(=O)CCCCCCCCCCC)[C@@H](OCCCCCCCCCC)C2O)O[C@H](CC)[C@H](O[PH](=O)O)[C@@H]1OCC[C@H](C)CCCCCCC. The number of allylic oxidation sites excluding steroid dienone is 2. The van der Waals surface area contributed by atoms with Crippen molar-refractivity contribution in [2.45, 2.75) is 366 Å². The van der Waals surface area contributed by atoms with Crippen molar-refractivity contribution >= 4 is 33.9 Å². The maximum Gasteiger partial charge on any atom is 0.317 e. The maximum absolute atomic E-state index is 14.1. The molecular formula is C67H128N2O14P2. The molecule has 0 radical (unpaired) electrons. The van der Waals surface area contributed by atoms with Gasteiger partial charge in [-0.25, -0.2) is 0 Å². The van der Waals surface area contributed by atoms with E-state index in [1.165, 1.54) is 135 Å².